The second-order valence-electron chi connectivity index (χ2n) is 7.56. The molecule has 2 aromatic carbocycles. The van der Waals surface area contributed by atoms with Crippen LogP contribution in [0.25, 0.3) is 0 Å². The van der Waals surface area contributed by atoms with Crippen LogP contribution in [0.5, 0.6) is 11.5 Å². The SMILES string of the molecule is CCCCCCCOc1cccc(NCC(=O)Nc2cccc(OC(C)CC)c2)c1. The number of carbonyl (C=O) groups excluding carboxylic acids is 1. The van der Waals surface area contributed by atoms with Crippen molar-refractivity contribution in [2.75, 3.05) is 23.8 Å². The molecule has 0 saturated carbocycles. The van der Waals surface area contributed by atoms with Gasteiger partial charge in [-0.15, -0.1) is 0 Å². The Bertz CT molecular complexity index is 764. The Morgan fingerprint density at radius 2 is 1.63 bits per heavy atom. The van der Waals surface area contributed by atoms with Gasteiger partial charge < -0.3 is 20.1 Å². The van der Waals surface area contributed by atoms with E-state index in [4.69, 9.17) is 9.47 Å². The van der Waals surface area contributed by atoms with Crippen LogP contribution in [0.4, 0.5) is 11.4 Å². The summed E-state index contributed by atoms with van der Waals surface area (Å²) in [6.45, 7) is 7.23. The van der Waals surface area contributed by atoms with Gasteiger partial charge in [0.2, 0.25) is 5.91 Å². The number of hydrogen-bond acceptors (Lipinski definition) is 4. The van der Waals surface area contributed by atoms with E-state index in [0.29, 0.717) is 0 Å². The van der Waals surface area contributed by atoms with Crippen LogP contribution in [-0.4, -0.2) is 25.2 Å². The Balaban J connectivity index is 1.76. The molecule has 5 nitrogen and oxygen atoms in total. The molecule has 5 heteroatoms. The van der Waals surface area contributed by atoms with Gasteiger partial charge in [-0.3, -0.25) is 4.79 Å². The Kier molecular flexibility index (Phi) is 10.6. The number of anilines is 2. The van der Waals surface area contributed by atoms with Crippen molar-refractivity contribution in [3.05, 3.63) is 48.5 Å². The number of benzene rings is 2. The summed E-state index contributed by atoms with van der Waals surface area (Å²) in [5.74, 6) is 1.47. The zero-order valence-electron chi connectivity index (χ0n) is 18.6. The summed E-state index contributed by atoms with van der Waals surface area (Å²) in [5.41, 5.74) is 1.59. The fourth-order valence-electron chi connectivity index (χ4n) is 2.94. The fraction of sp³-hybridized carbons (Fsp3) is 0.480. The minimum Gasteiger partial charge on any atom is -0.494 e. The van der Waals surface area contributed by atoms with Crippen molar-refractivity contribution in [1.29, 1.82) is 0 Å². The number of unbranched alkanes of at least 4 members (excludes halogenated alkanes) is 4. The first-order valence-corrected chi connectivity index (χ1v) is 11.1. The zero-order valence-corrected chi connectivity index (χ0v) is 18.6. The van der Waals surface area contributed by atoms with Crippen LogP contribution in [0.15, 0.2) is 48.5 Å². The zero-order chi connectivity index (χ0) is 21.6. The Hall–Kier alpha value is -2.69. The van der Waals surface area contributed by atoms with Gasteiger partial charge in [0.15, 0.2) is 0 Å². The number of hydrogen-bond donors (Lipinski definition) is 2. The summed E-state index contributed by atoms with van der Waals surface area (Å²) in [6, 6.07) is 15.2. The van der Waals surface area contributed by atoms with E-state index in [0.717, 1.165) is 42.3 Å². The predicted molar refractivity (Wildman–Crippen MR) is 125 cm³/mol. The van der Waals surface area contributed by atoms with Crippen LogP contribution < -0.4 is 20.1 Å². The predicted octanol–water partition coefficient (Wildman–Crippen LogP) is 6.26. The van der Waals surface area contributed by atoms with E-state index in [1.807, 2.05) is 55.5 Å². The highest BCUT2D eigenvalue weighted by Crippen LogP contribution is 2.20. The van der Waals surface area contributed by atoms with Gasteiger partial charge in [-0.25, -0.2) is 0 Å². The van der Waals surface area contributed by atoms with Gasteiger partial charge in [0.1, 0.15) is 11.5 Å². The number of rotatable bonds is 14. The van der Waals surface area contributed by atoms with Crippen molar-refractivity contribution in [3.63, 3.8) is 0 Å². The lowest BCUT2D eigenvalue weighted by Crippen LogP contribution is -2.21. The van der Waals surface area contributed by atoms with Gasteiger partial charge in [0.05, 0.1) is 19.3 Å². The molecule has 1 atom stereocenters. The first kappa shape index (κ1) is 23.6. The van der Waals surface area contributed by atoms with E-state index in [1.54, 1.807) is 0 Å². The molecule has 2 aromatic rings. The van der Waals surface area contributed by atoms with Gasteiger partial charge in [0, 0.05) is 23.5 Å². The third-order valence-electron chi connectivity index (χ3n) is 4.83. The summed E-state index contributed by atoms with van der Waals surface area (Å²) < 4.78 is 11.6. The first-order chi connectivity index (χ1) is 14.6. The molecule has 1 unspecified atom stereocenters. The van der Waals surface area contributed by atoms with E-state index < -0.39 is 0 Å². The summed E-state index contributed by atoms with van der Waals surface area (Å²) in [7, 11) is 0. The van der Waals surface area contributed by atoms with E-state index in [9.17, 15) is 4.79 Å². The Morgan fingerprint density at radius 3 is 2.40 bits per heavy atom. The maximum atomic E-state index is 12.3. The molecule has 0 aliphatic rings. The minimum absolute atomic E-state index is 0.113. The maximum Gasteiger partial charge on any atom is 0.243 e. The van der Waals surface area contributed by atoms with Gasteiger partial charge in [-0.05, 0) is 44.0 Å². The maximum absolute atomic E-state index is 12.3. The standard InChI is InChI=1S/C25H36N2O3/c1-4-6-7-8-9-16-29-23-14-10-12-21(17-23)26-19-25(28)27-22-13-11-15-24(18-22)30-20(3)5-2/h10-15,17-18,20,26H,4-9,16,19H2,1-3H3,(H,27,28). The molecular formula is C25H36N2O3. The lowest BCUT2D eigenvalue weighted by molar-refractivity contribution is -0.114. The van der Waals surface area contributed by atoms with Gasteiger partial charge in [-0.1, -0.05) is 51.7 Å². The fourth-order valence-corrected chi connectivity index (χ4v) is 2.94. The molecular weight excluding hydrogens is 376 g/mol. The molecule has 0 aliphatic heterocycles. The van der Waals surface area contributed by atoms with Crippen LogP contribution in [0.2, 0.25) is 0 Å². The van der Waals surface area contributed by atoms with Gasteiger partial charge >= 0.3 is 0 Å². The largest absolute Gasteiger partial charge is 0.494 e. The van der Waals surface area contributed by atoms with Gasteiger partial charge in [0.25, 0.3) is 0 Å². The van der Waals surface area contributed by atoms with Crippen LogP contribution in [0.3, 0.4) is 0 Å². The number of carbonyl (C=O) groups is 1. The first-order valence-electron chi connectivity index (χ1n) is 11.1. The molecule has 0 fully saturated rings. The number of ether oxygens (including phenoxy) is 2. The molecule has 164 valence electrons. The summed E-state index contributed by atoms with van der Waals surface area (Å²) in [5, 5.41) is 6.06. The Morgan fingerprint density at radius 1 is 0.933 bits per heavy atom. The molecule has 2 rings (SSSR count). The highest BCUT2D eigenvalue weighted by atomic mass is 16.5. The molecule has 0 bridgehead atoms. The van der Waals surface area contributed by atoms with Crippen molar-refractivity contribution >= 4 is 17.3 Å². The topological polar surface area (TPSA) is 59.6 Å². The molecule has 0 spiro atoms. The lowest BCUT2D eigenvalue weighted by atomic mass is 10.2. The van der Waals surface area contributed by atoms with E-state index >= 15 is 0 Å². The van der Waals surface area contributed by atoms with Crippen molar-refractivity contribution < 1.29 is 14.3 Å². The summed E-state index contributed by atoms with van der Waals surface area (Å²) in [6.07, 6.45) is 7.15. The van der Waals surface area contributed by atoms with Crippen LogP contribution in [0.1, 0.15) is 59.3 Å². The molecule has 2 N–H and O–H groups in total. The third kappa shape index (κ3) is 9.21. The smallest absolute Gasteiger partial charge is 0.243 e. The van der Waals surface area contributed by atoms with Crippen molar-refractivity contribution in [2.24, 2.45) is 0 Å². The molecule has 0 saturated heterocycles. The number of amides is 1. The highest BCUT2D eigenvalue weighted by Gasteiger charge is 2.06. The molecule has 0 heterocycles. The summed E-state index contributed by atoms with van der Waals surface area (Å²) >= 11 is 0. The average Bonchev–Trinajstić information content (AvgIpc) is 2.75. The molecule has 1 amide bonds. The normalized spacial score (nSPS) is 11.6. The Labute approximate surface area is 181 Å². The third-order valence-corrected chi connectivity index (χ3v) is 4.83. The number of nitrogens with one attached hydrogen (secondary N) is 2. The molecule has 0 radical (unpaired) electrons. The molecule has 30 heavy (non-hydrogen) atoms. The monoisotopic (exact) mass is 412 g/mol. The second kappa shape index (κ2) is 13.5. The molecule has 0 aliphatic carbocycles. The molecule has 0 aromatic heterocycles. The lowest BCUT2D eigenvalue weighted by Gasteiger charge is -2.14. The van der Waals surface area contributed by atoms with Crippen LogP contribution in [0, 0.1) is 0 Å². The van der Waals surface area contributed by atoms with Crippen molar-refractivity contribution in [1.82, 2.24) is 0 Å². The van der Waals surface area contributed by atoms with E-state index in [-0.39, 0.29) is 18.6 Å². The highest BCUT2D eigenvalue weighted by molar-refractivity contribution is 5.93. The van der Waals surface area contributed by atoms with Gasteiger partial charge in [-0.2, -0.15) is 0 Å². The minimum atomic E-state index is -0.113. The van der Waals surface area contributed by atoms with Crippen molar-refractivity contribution in [2.45, 2.75) is 65.4 Å². The van der Waals surface area contributed by atoms with Crippen molar-refractivity contribution in [3.8, 4) is 11.5 Å². The second-order valence-corrected chi connectivity index (χ2v) is 7.56. The summed E-state index contributed by atoms with van der Waals surface area (Å²) in [4.78, 5) is 12.3. The van der Waals surface area contributed by atoms with Crippen LogP contribution in [-0.2, 0) is 4.79 Å². The quantitative estimate of drug-likeness (QED) is 0.359. The average molecular weight is 413 g/mol. The van der Waals surface area contributed by atoms with Crippen LogP contribution >= 0.6 is 0 Å². The van der Waals surface area contributed by atoms with E-state index in [2.05, 4.69) is 24.5 Å². The van der Waals surface area contributed by atoms with E-state index in [1.165, 1.54) is 25.7 Å².